The lowest BCUT2D eigenvalue weighted by molar-refractivity contribution is -0.175. The molecule has 4 aliphatic heterocycles. The molecule has 0 unspecified atom stereocenters. The van der Waals surface area contributed by atoms with Crippen molar-refractivity contribution in [1.29, 1.82) is 0 Å². The van der Waals surface area contributed by atoms with Crippen LogP contribution < -0.4 is 0 Å². The normalized spacial score (nSPS) is 40.8. The Balaban J connectivity index is 1.51. The third kappa shape index (κ3) is 8.74. The second-order valence-electron chi connectivity index (χ2n) is 14.5. The second kappa shape index (κ2) is 15.9. The van der Waals surface area contributed by atoms with Crippen LogP contribution in [-0.2, 0) is 33.3 Å². The largest absolute Gasteiger partial charge is 0.462 e. The van der Waals surface area contributed by atoms with E-state index < -0.39 is 0 Å². The van der Waals surface area contributed by atoms with Crippen molar-refractivity contribution in [1.82, 2.24) is 4.90 Å². The molecule has 8 nitrogen and oxygen atoms in total. The molecular weight excluding hydrogens is 546 g/mol. The topological polar surface area (TPSA) is 83.5 Å². The van der Waals surface area contributed by atoms with Crippen molar-refractivity contribution in [2.24, 2.45) is 23.7 Å². The Morgan fingerprint density at radius 3 is 2.09 bits per heavy atom. The van der Waals surface area contributed by atoms with Crippen molar-refractivity contribution in [3.05, 3.63) is 0 Å². The molecule has 0 aromatic carbocycles. The highest BCUT2D eigenvalue weighted by atomic mass is 16.6. The van der Waals surface area contributed by atoms with Crippen LogP contribution in [0.25, 0.3) is 0 Å². The van der Waals surface area contributed by atoms with Gasteiger partial charge in [0, 0.05) is 24.3 Å². The number of carbonyl (C=O) groups excluding carboxylic acids is 2. The molecule has 0 aromatic heterocycles. The smallest absolute Gasteiger partial charge is 0.311 e. The lowest BCUT2D eigenvalue weighted by Gasteiger charge is -2.36. The standard InChI is InChI=1S/C35H61NO7/c1-9-11-25(36(7)8)19-27-13-15-29(39-27)21(3)33-22(4)30-17-18-32(42-30)24(6)34(37)41-26(12-10-2)20-28-14-16-31(40-28)23(5)35(38)43-33/h21-33H,9-20H2,1-8H3/t21-,22-,23+,24-,25-,26+,27+,28+,29-,30+,31-,32-,33+/m1/s1. The molecule has 0 amide bonds. The van der Waals surface area contributed by atoms with Gasteiger partial charge in [-0.2, -0.15) is 0 Å². The van der Waals surface area contributed by atoms with Gasteiger partial charge < -0.3 is 28.6 Å². The Labute approximate surface area is 261 Å². The number of esters is 2. The van der Waals surface area contributed by atoms with Crippen LogP contribution >= 0.6 is 0 Å². The Kier molecular flexibility index (Phi) is 12.8. The minimum atomic E-state index is -0.364. The van der Waals surface area contributed by atoms with Crippen LogP contribution in [0, 0.1) is 23.7 Å². The van der Waals surface area contributed by atoms with Crippen molar-refractivity contribution in [3.63, 3.8) is 0 Å². The number of carbonyl (C=O) groups is 2. The lowest BCUT2D eigenvalue weighted by Crippen LogP contribution is -2.44. The summed E-state index contributed by atoms with van der Waals surface area (Å²) in [4.78, 5) is 29.3. The first-order valence-electron chi connectivity index (χ1n) is 17.6. The van der Waals surface area contributed by atoms with Gasteiger partial charge in [0.2, 0.25) is 0 Å². The summed E-state index contributed by atoms with van der Waals surface area (Å²) >= 11 is 0. The first-order valence-corrected chi connectivity index (χ1v) is 17.6. The Hall–Kier alpha value is -1.22. The van der Waals surface area contributed by atoms with Crippen LogP contribution in [0.1, 0.15) is 119 Å². The van der Waals surface area contributed by atoms with Crippen molar-refractivity contribution in [3.8, 4) is 0 Å². The zero-order valence-electron chi connectivity index (χ0n) is 28.3. The molecule has 0 radical (unpaired) electrons. The van der Waals surface area contributed by atoms with E-state index in [0.717, 1.165) is 70.6 Å². The number of cyclic esters (lactones) is 2. The van der Waals surface area contributed by atoms with E-state index in [1.807, 2.05) is 13.8 Å². The summed E-state index contributed by atoms with van der Waals surface area (Å²) in [6, 6.07) is 0.509. The fraction of sp³-hybridized carbons (Fsp3) is 0.943. The number of ether oxygens (including phenoxy) is 5. The van der Waals surface area contributed by atoms with E-state index in [1.54, 1.807) is 0 Å². The second-order valence-corrected chi connectivity index (χ2v) is 14.5. The predicted octanol–water partition coefficient (Wildman–Crippen LogP) is 6.32. The highest BCUT2D eigenvalue weighted by Crippen LogP contribution is 2.39. The molecule has 0 aliphatic carbocycles. The van der Waals surface area contributed by atoms with Crippen LogP contribution in [0.2, 0.25) is 0 Å². The summed E-state index contributed by atoms with van der Waals surface area (Å²) < 4.78 is 32.2. The fourth-order valence-electron chi connectivity index (χ4n) is 8.01. The first kappa shape index (κ1) is 34.6. The molecule has 0 aromatic rings. The number of fused-ring (bicyclic) bond motifs is 4. The van der Waals surface area contributed by atoms with E-state index in [0.29, 0.717) is 12.5 Å². The van der Waals surface area contributed by atoms with Gasteiger partial charge in [-0.25, -0.2) is 0 Å². The maximum Gasteiger partial charge on any atom is 0.311 e. The van der Waals surface area contributed by atoms with Crippen molar-refractivity contribution in [2.75, 3.05) is 14.1 Å². The lowest BCUT2D eigenvalue weighted by atomic mass is 9.84. The summed E-state index contributed by atoms with van der Waals surface area (Å²) in [7, 11) is 4.32. The van der Waals surface area contributed by atoms with Crippen molar-refractivity contribution < 1.29 is 33.3 Å². The quantitative estimate of drug-likeness (QED) is 0.282. The van der Waals surface area contributed by atoms with Gasteiger partial charge in [-0.1, -0.05) is 40.5 Å². The summed E-state index contributed by atoms with van der Waals surface area (Å²) in [5.74, 6) is -1.08. The summed E-state index contributed by atoms with van der Waals surface area (Å²) in [5.41, 5.74) is 0. The van der Waals surface area contributed by atoms with Gasteiger partial charge in [0.25, 0.3) is 0 Å². The van der Waals surface area contributed by atoms with Crippen LogP contribution in [-0.4, -0.2) is 85.8 Å². The minimum absolute atomic E-state index is 0.0175. The maximum absolute atomic E-state index is 13.7. The van der Waals surface area contributed by atoms with Crippen LogP contribution in [0.5, 0.6) is 0 Å². The van der Waals surface area contributed by atoms with E-state index in [1.165, 1.54) is 0 Å². The van der Waals surface area contributed by atoms with Gasteiger partial charge in [0.1, 0.15) is 12.2 Å². The average molecular weight is 608 g/mol. The van der Waals surface area contributed by atoms with Crippen molar-refractivity contribution >= 4 is 11.9 Å². The summed E-state index contributed by atoms with van der Waals surface area (Å²) in [6.45, 7) is 12.6. The Morgan fingerprint density at radius 1 is 0.767 bits per heavy atom. The van der Waals surface area contributed by atoms with Gasteiger partial charge >= 0.3 is 11.9 Å². The predicted molar refractivity (Wildman–Crippen MR) is 167 cm³/mol. The number of hydrogen-bond donors (Lipinski definition) is 0. The van der Waals surface area contributed by atoms with Gasteiger partial charge in [-0.05, 0) is 85.7 Å². The third-order valence-electron chi connectivity index (χ3n) is 11.0. The summed E-state index contributed by atoms with van der Waals surface area (Å²) in [6.07, 6.45) is 10.3. The van der Waals surface area contributed by atoms with Gasteiger partial charge in [-0.3, -0.25) is 9.59 Å². The van der Waals surface area contributed by atoms with Crippen LogP contribution in [0.4, 0.5) is 0 Å². The Bertz CT molecular complexity index is 897. The molecule has 4 fully saturated rings. The molecule has 0 saturated carbocycles. The summed E-state index contributed by atoms with van der Waals surface area (Å²) in [5, 5.41) is 0. The molecule has 0 spiro atoms. The van der Waals surface area contributed by atoms with Gasteiger partial charge in [0.15, 0.2) is 0 Å². The van der Waals surface area contributed by atoms with Crippen LogP contribution in [0.15, 0.2) is 0 Å². The van der Waals surface area contributed by atoms with E-state index in [2.05, 4.69) is 46.7 Å². The van der Waals surface area contributed by atoms with E-state index >= 15 is 0 Å². The highest BCUT2D eigenvalue weighted by molar-refractivity contribution is 5.73. The maximum atomic E-state index is 13.7. The number of nitrogens with zero attached hydrogens (tertiary/aromatic N) is 1. The molecular formula is C35H61NO7. The van der Waals surface area contributed by atoms with Gasteiger partial charge in [-0.15, -0.1) is 0 Å². The molecule has 4 aliphatic rings. The molecule has 43 heavy (non-hydrogen) atoms. The van der Waals surface area contributed by atoms with E-state index in [9.17, 15) is 9.59 Å². The number of hydrogen-bond acceptors (Lipinski definition) is 8. The molecule has 8 heteroatoms. The van der Waals surface area contributed by atoms with E-state index in [4.69, 9.17) is 23.7 Å². The first-order chi connectivity index (χ1) is 20.5. The molecule has 4 rings (SSSR count). The highest BCUT2D eigenvalue weighted by Gasteiger charge is 2.46. The molecule has 4 saturated heterocycles. The molecule has 13 atom stereocenters. The zero-order chi connectivity index (χ0) is 31.3. The molecule has 0 N–H and O–H groups in total. The van der Waals surface area contributed by atoms with E-state index in [-0.39, 0.29) is 84.4 Å². The zero-order valence-corrected chi connectivity index (χ0v) is 28.3. The Morgan fingerprint density at radius 2 is 1.42 bits per heavy atom. The monoisotopic (exact) mass is 607 g/mol. The number of rotatable bonds is 9. The van der Waals surface area contributed by atoms with Gasteiger partial charge in [0.05, 0.1) is 48.5 Å². The molecule has 4 bridgehead atoms. The molecule has 248 valence electrons. The van der Waals surface area contributed by atoms with Crippen molar-refractivity contribution in [2.45, 2.75) is 173 Å². The van der Waals surface area contributed by atoms with Crippen LogP contribution in [0.3, 0.4) is 0 Å². The fourth-order valence-corrected chi connectivity index (χ4v) is 8.01. The average Bonchev–Trinajstić information content (AvgIpc) is 3.75. The SMILES string of the molecule is CCC[C@H]1C[C@@H]2CC[C@@H](O2)[C@H](C)C(=O)O[C@@H]([C@H](C)[C@H]2CC[C@@H](C[C@@H](CCC)N(C)C)O2)[C@H](C)[C@@H]2CC[C@@H](O2)[C@@H](C)C(=O)O1. The minimum Gasteiger partial charge on any atom is -0.462 e. The third-order valence-corrected chi connectivity index (χ3v) is 11.0. The molecule has 4 heterocycles.